The molecule has 4 rings (SSSR count). The van der Waals surface area contributed by atoms with Crippen LogP contribution in [0.5, 0.6) is 0 Å². The number of rotatable bonds is 2. The Morgan fingerprint density at radius 1 is 0.900 bits per heavy atom. The molecule has 0 aliphatic heterocycles. The molecule has 0 amide bonds. The van der Waals surface area contributed by atoms with E-state index in [1.807, 2.05) is 42.5 Å². The van der Waals surface area contributed by atoms with Crippen LogP contribution in [-0.2, 0) is 0 Å². The predicted molar refractivity (Wildman–Crippen MR) is 84.9 cm³/mol. The molecule has 0 unspecified atom stereocenters. The number of thiazole rings is 1. The molecular weight excluding hydrogens is 286 g/mol. The van der Waals surface area contributed by atoms with E-state index in [-0.39, 0.29) is 5.78 Å². The van der Waals surface area contributed by atoms with Gasteiger partial charge in [0.15, 0.2) is 5.01 Å². The van der Waals surface area contributed by atoms with E-state index in [0.717, 1.165) is 14.9 Å². The van der Waals surface area contributed by atoms with E-state index in [4.69, 9.17) is 0 Å². The SMILES string of the molecule is O=C(c1ccccc1)c1nc2c(s1)sc1ccccc12. The molecule has 0 spiro atoms. The number of ketones is 1. The first-order chi connectivity index (χ1) is 9.83. The van der Waals surface area contributed by atoms with Gasteiger partial charge in [-0.05, 0) is 6.07 Å². The highest BCUT2D eigenvalue weighted by molar-refractivity contribution is 7.42. The monoisotopic (exact) mass is 295 g/mol. The summed E-state index contributed by atoms with van der Waals surface area (Å²) in [6, 6.07) is 17.5. The van der Waals surface area contributed by atoms with Crippen molar-refractivity contribution < 1.29 is 4.79 Å². The summed E-state index contributed by atoms with van der Waals surface area (Å²) >= 11 is 3.18. The minimum atomic E-state index is 0.00285. The molecule has 0 fully saturated rings. The van der Waals surface area contributed by atoms with Crippen molar-refractivity contribution in [3.05, 3.63) is 65.2 Å². The molecule has 20 heavy (non-hydrogen) atoms. The highest BCUT2D eigenvalue weighted by Gasteiger charge is 2.17. The largest absolute Gasteiger partial charge is 0.286 e. The first-order valence-electron chi connectivity index (χ1n) is 6.21. The molecule has 2 nitrogen and oxygen atoms in total. The number of nitrogens with zero attached hydrogens (tertiary/aromatic N) is 1. The summed E-state index contributed by atoms with van der Waals surface area (Å²) in [5.41, 5.74) is 1.65. The Morgan fingerprint density at radius 3 is 2.50 bits per heavy atom. The number of thiophene rings is 1. The Bertz CT molecular complexity index is 921. The highest BCUT2D eigenvalue weighted by Crippen LogP contribution is 2.37. The molecule has 2 aromatic heterocycles. The van der Waals surface area contributed by atoms with Gasteiger partial charge in [0.2, 0.25) is 5.78 Å². The van der Waals surface area contributed by atoms with Gasteiger partial charge in [-0.1, -0.05) is 59.9 Å². The Hall–Kier alpha value is -2.04. The maximum atomic E-state index is 12.4. The molecular formula is C16H9NOS2. The first-order valence-corrected chi connectivity index (χ1v) is 7.84. The fraction of sp³-hybridized carbons (Fsp3) is 0. The Morgan fingerprint density at radius 2 is 1.65 bits per heavy atom. The third kappa shape index (κ3) is 1.77. The second-order valence-corrected chi connectivity index (χ2v) is 6.76. The lowest BCUT2D eigenvalue weighted by molar-refractivity contribution is 0.103. The Labute approximate surface area is 123 Å². The van der Waals surface area contributed by atoms with E-state index in [1.54, 1.807) is 11.3 Å². The molecule has 4 aromatic rings. The molecule has 0 radical (unpaired) electrons. The van der Waals surface area contributed by atoms with Crippen molar-refractivity contribution >= 4 is 48.1 Å². The summed E-state index contributed by atoms with van der Waals surface area (Å²) in [6.07, 6.45) is 0. The van der Waals surface area contributed by atoms with Crippen LogP contribution in [0.3, 0.4) is 0 Å². The van der Waals surface area contributed by atoms with Crippen molar-refractivity contribution in [3.8, 4) is 0 Å². The number of benzene rings is 2. The number of carbonyl (C=O) groups excluding carboxylic acids is 1. The minimum absolute atomic E-state index is 0.00285. The highest BCUT2D eigenvalue weighted by atomic mass is 32.2. The second kappa shape index (κ2) is 4.51. The van der Waals surface area contributed by atoms with Crippen LogP contribution in [0.15, 0.2) is 54.6 Å². The summed E-state index contributed by atoms with van der Waals surface area (Å²) < 4.78 is 2.34. The maximum absolute atomic E-state index is 12.4. The van der Waals surface area contributed by atoms with Gasteiger partial charge >= 0.3 is 0 Å². The van der Waals surface area contributed by atoms with Crippen molar-refractivity contribution in [1.29, 1.82) is 0 Å². The molecule has 96 valence electrons. The van der Waals surface area contributed by atoms with Crippen LogP contribution in [0, 0.1) is 0 Å². The Kier molecular flexibility index (Phi) is 2.65. The average molecular weight is 295 g/mol. The fourth-order valence-electron chi connectivity index (χ4n) is 2.21. The van der Waals surface area contributed by atoms with Crippen molar-refractivity contribution in [2.45, 2.75) is 0 Å². The summed E-state index contributed by atoms with van der Waals surface area (Å²) in [7, 11) is 0. The fourth-order valence-corrected chi connectivity index (χ4v) is 4.53. The topological polar surface area (TPSA) is 30.0 Å². The molecule has 2 aromatic carbocycles. The smallest absolute Gasteiger partial charge is 0.221 e. The van der Waals surface area contributed by atoms with Crippen LogP contribution >= 0.6 is 22.7 Å². The molecule has 2 heterocycles. The summed E-state index contributed by atoms with van der Waals surface area (Å²) in [4.78, 5) is 17.0. The third-order valence-corrected chi connectivity index (χ3v) is 5.47. The summed E-state index contributed by atoms with van der Waals surface area (Å²) in [5.74, 6) is 0.00285. The lowest BCUT2D eigenvalue weighted by atomic mass is 10.1. The number of carbonyl (C=O) groups is 1. The van der Waals surface area contributed by atoms with Gasteiger partial charge in [-0.25, -0.2) is 4.98 Å². The van der Waals surface area contributed by atoms with Crippen molar-refractivity contribution in [2.75, 3.05) is 0 Å². The van der Waals surface area contributed by atoms with Crippen LogP contribution < -0.4 is 0 Å². The molecule has 0 atom stereocenters. The maximum Gasteiger partial charge on any atom is 0.221 e. The van der Waals surface area contributed by atoms with E-state index in [2.05, 4.69) is 17.1 Å². The first kappa shape index (κ1) is 11.8. The third-order valence-electron chi connectivity index (χ3n) is 3.17. The number of aromatic nitrogens is 1. The molecule has 0 aliphatic carbocycles. The van der Waals surface area contributed by atoms with Crippen LogP contribution in [0.25, 0.3) is 19.6 Å². The molecule has 0 saturated heterocycles. The quantitative estimate of drug-likeness (QED) is 0.500. The van der Waals surface area contributed by atoms with Crippen molar-refractivity contribution in [1.82, 2.24) is 4.98 Å². The van der Waals surface area contributed by atoms with Crippen LogP contribution in [0.1, 0.15) is 15.4 Å². The van der Waals surface area contributed by atoms with Gasteiger partial charge in [-0.2, -0.15) is 0 Å². The standard InChI is InChI=1S/C16H9NOS2/c18-14(10-6-2-1-3-7-10)15-17-13-11-8-4-5-9-12(11)19-16(13)20-15/h1-9H. The van der Waals surface area contributed by atoms with Gasteiger partial charge in [-0.3, -0.25) is 4.79 Å². The number of hydrogen-bond donors (Lipinski definition) is 0. The van der Waals surface area contributed by atoms with Crippen molar-refractivity contribution in [2.24, 2.45) is 0 Å². The predicted octanol–water partition coefficient (Wildman–Crippen LogP) is 4.74. The average Bonchev–Trinajstić information content (AvgIpc) is 3.05. The van der Waals surface area contributed by atoms with Gasteiger partial charge in [0.25, 0.3) is 0 Å². The van der Waals surface area contributed by atoms with Crippen molar-refractivity contribution in [3.63, 3.8) is 0 Å². The molecule has 0 N–H and O–H groups in total. The van der Waals surface area contributed by atoms with Gasteiger partial charge in [0, 0.05) is 15.6 Å². The van der Waals surface area contributed by atoms with Gasteiger partial charge in [-0.15, -0.1) is 11.3 Å². The zero-order chi connectivity index (χ0) is 13.5. The van der Waals surface area contributed by atoms with Crippen LogP contribution in [-0.4, -0.2) is 10.8 Å². The Balaban J connectivity index is 1.87. The van der Waals surface area contributed by atoms with E-state index >= 15 is 0 Å². The normalized spacial score (nSPS) is 11.2. The summed E-state index contributed by atoms with van der Waals surface area (Å²) in [5, 5.41) is 1.71. The zero-order valence-electron chi connectivity index (χ0n) is 10.4. The van der Waals surface area contributed by atoms with Gasteiger partial charge in [0.05, 0.1) is 0 Å². The van der Waals surface area contributed by atoms with Crippen LogP contribution in [0.4, 0.5) is 0 Å². The van der Waals surface area contributed by atoms with E-state index < -0.39 is 0 Å². The zero-order valence-corrected chi connectivity index (χ0v) is 12.0. The molecule has 4 heteroatoms. The molecule has 0 bridgehead atoms. The van der Waals surface area contributed by atoms with Gasteiger partial charge in [0.1, 0.15) is 9.53 Å². The number of hydrogen-bond acceptors (Lipinski definition) is 4. The minimum Gasteiger partial charge on any atom is -0.286 e. The molecule has 0 aliphatic rings. The lowest BCUT2D eigenvalue weighted by Gasteiger charge is -1.95. The van der Waals surface area contributed by atoms with E-state index in [9.17, 15) is 4.79 Å². The second-order valence-electron chi connectivity index (χ2n) is 4.45. The number of fused-ring (bicyclic) bond motifs is 3. The lowest BCUT2D eigenvalue weighted by Crippen LogP contribution is -1.99. The van der Waals surface area contributed by atoms with Crippen LogP contribution in [0.2, 0.25) is 0 Å². The van der Waals surface area contributed by atoms with E-state index in [1.165, 1.54) is 16.0 Å². The summed E-state index contributed by atoms with van der Waals surface area (Å²) in [6.45, 7) is 0. The van der Waals surface area contributed by atoms with Gasteiger partial charge < -0.3 is 0 Å². The van der Waals surface area contributed by atoms with E-state index in [0.29, 0.717) is 10.6 Å². The molecule has 0 saturated carbocycles.